The van der Waals surface area contributed by atoms with E-state index in [4.69, 9.17) is 14.3 Å². The number of esters is 1. The summed E-state index contributed by atoms with van der Waals surface area (Å²) in [5.41, 5.74) is 2.73. The molecule has 2 rings (SSSR count). The molecule has 0 spiro atoms. The summed E-state index contributed by atoms with van der Waals surface area (Å²) in [4.78, 5) is 21.9. The van der Waals surface area contributed by atoms with E-state index in [1.807, 2.05) is 6.92 Å². The highest BCUT2D eigenvalue weighted by atomic mass is 16.6. The third-order valence-corrected chi connectivity index (χ3v) is 2.75. The molecule has 2 aliphatic rings. The molecule has 0 saturated carbocycles. The first-order chi connectivity index (χ1) is 8.90. The standard InChI is InChI=1S/C14H12O5/c1-7-4-10(8(2)14(16)17)11-5-13(19-9(3)15)18-6-12(7)11/h4-6H,2H2,1,3H3,(H,16,17). The van der Waals surface area contributed by atoms with Crippen LogP contribution in [0.1, 0.15) is 18.1 Å². The van der Waals surface area contributed by atoms with Crippen molar-refractivity contribution < 1.29 is 23.8 Å². The SMILES string of the molecule is C=C(C(=O)O)c1cc(C)c2coc(OC(C)=O)cc1-2. The maximum atomic E-state index is 11.0. The molecule has 1 aliphatic heterocycles. The largest absolute Gasteiger partial charge is 0.478 e. The number of aliphatic carboxylic acids is 1. The van der Waals surface area contributed by atoms with Crippen LogP contribution < -0.4 is 4.74 Å². The van der Waals surface area contributed by atoms with Crippen molar-refractivity contribution in [2.45, 2.75) is 13.8 Å². The number of carboxylic acids is 1. The van der Waals surface area contributed by atoms with Crippen LogP contribution in [-0.2, 0) is 9.59 Å². The Morgan fingerprint density at radius 2 is 2.00 bits per heavy atom. The van der Waals surface area contributed by atoms with Crippen LogP contribution in [0.3, 0.4) is 0 Å². The van der Waals surface area contributed by atoms with Gasteiger partial charge in [0, 0.05) is 24.1 Å². The van der Waals surface area contributed by atoms with Gasteiger partial charge in [0.1, 0.15) is 6.26 Å². The van der Waals surface area contributed by atoms with Crippen molar-refractivity contribution in [3.8, 4) is 17.1 Å². The summed E-state index contributed by atoms with van der Waals surface area (Å²) in [6.45, 7) is 6.63. The summed E-state index contributed by atoms with van der Waals surface area (Å²) in [6.07, 6.45) is 1.43. The van der Waals surface area contributed by atoms with E-state index in [-0.39, 0.29) is 11.5 Å². The predicted molar refractivity (Wildman–Crippen MR) is 68.0 cm³/mol. The lowest BCUT2D eigenvalue weighted by Crippen LogP contribution is -2.02. The van der Waals surface area contributed by atoms with Crippen molar-refractivity contribution in [1.29, 1.82) is 0 Å². The molecule has 1 N–H and O–H groups in total. The molecule has 1 aliphatic carbocycles. The van der Waals surface area contributed by atoms with E-state index in [0.29, 0.717) is 11.1 Å². The van der Waals surface area contributed by atoms with Gasteiger partial charge in [-0.25, -0.2) is 4.79 Å². The molecule has 0 atom stereocenters. The van der Waals surface area contributed by atoms with Crippen LogP contribution >= 0.6 is 0 Å². The van der Waals surface area contributed by atoms with Crippen molar-refractivity contribution in [3.05, 3.63) is 36.1 Å². The van der Waals surface area contributed by atoms with Gasteiger partial charge < -0.3 is 14.3 Å². The molecule has 19 heavy (non-hydrogen) atoms. The Bertz CT molecular complexity index is 650. The first kappa shape index (κ1) is 12.9. The highest BCUT2D eigenvalue weighted by Gasteiger charge is 2.21. The molecule has 98 valence electrons. The lowest BCUT2D eigenvalue weighted by Gasteiger charge is -2.06. The summed E-state index contributed by atoms with van der Waals surface area (Å²) >= 11 is 0. The topological polar surface area (TPSA) is 76.7 Å². The number of rotatable bonds is 3. The highest BCUT2D eigenvalue weighted by molar-refractivity contribution is 6.17. The fourth-order valence-corrected chi connectivity index (χ4v) is 1.87. The zero-order chi connectivity index (χ0) is 14.2. The van der Waals surface area contributed by atoms with Gasteiger partial charge in [-0.1, -0.05) is 6.58 Å². The van der Waals surface area contributed by atoms with Gasteiger partial charge in [0.15, 0.2) is 0 Å². The molecule has 5 nitrogen and oxygen atoms in total. The monoisotopic (exact) mass is 260 g/mol. The third-order valence-electron chi connectivity index (χ3n) is 2.75. The molecule has 0 saturated heterocycles. The number of carboxylic acid groups (broad SMARTS) is 1. The number of fused-ring (bicyclic) bond motifs is 1. The summed E-state index contributed by atoms with van der Waals surface area (Å²) in [6, 6.07) is 3.21. The Morgan fingerprint density at radius 3 is 2.58 bits per heavy atom. The first-order valence-electron chi connectivity index (χ1n) is 5.53. The smallest absolute Gasteiger partial charge is 0.335 e. The van der Waals surface area contributed by atoms with Gasteiger partial charge in [-0.05, 0) is 24.1 Å². The maximum Gasteiger partial charge on any atom is 0.335 e. The summed E-state index contributed by atoms with van der Waals surface area (Å²) in [5.74, 6) is -1.59. The lowest BCUT2D eigenvalue weighted by molar-refractivity contribution is -0.133. The highest BCUT2D eigenvalue weighted by Crippen LogP contribution is 2.38. The lowest BCUT2D eigenvalue weighted by atomic mass is 10.0. The van der Waals surface area contributed by atoms with Crippen molar-refractivity contribution in [2.75, 3.05) is 0 Å². The van der Waals surface area contributed by atoms with Gasteiger partial charge in [-0.2, -0.15) is 0 Å². The van der Waals surface area contributed by atoms with Gasteiger partial charge in [0.2, 0.25) is 0 Å². The number of aryl methyl sites for hydroxylation is 1. The predicted octanol–water partition coefficient (Wildman–Crippen LogP) is 2.72. The second-order valence-corrected chi connectivity index (χ2v) is 4.14. The summed E-state index contributed by atoms with van der Waals surface area (Å²) < 4.78 is 10.0. The van der Waals surface area contributed by atoms with Crippen LogP contribution in [-0.4, -0.2) is 17.0 Å². The van der Waals surface area contributed by atoms with Crippen molar-refractivity contribution in [3.63, 3.8) is 0 Å². The van der Waals surface area contributed by atoms with Crippen LogP contribution in [0.15, 0.2) is 29.4 Å². The minimum absolute atomic E-state index is 0.0157. The van der Waals surface area contributed by atoms with E-state index in [0.717, 1.165) is 11.1 Å². The average Bonchev–Trinajstić information content (AvgIpc) is 2.64. The minimum Gasteiger partial charge on any atom is -0.478 e. The average molecular weight is 260 g/mol. The van der Waals surface area contributed by atoms with Crippen molar-refractivity contribution in [1.82, 2.24) is 0 Å². The summed E-state index contributed by atoms with van der Waals surface area (Å²) in [5, 5.41) is 9.01. The van der Waals surface area contributed by atoms with Gasteiger partial charge in [-0.15, -0.1) is 0 Å². The van der Waals surface area contributed by atoms with Crippen LogP contribution in [0, 0.1) is 6.92 Å². The Kier molecular flexibility index (Phi) is 3.12. The third kappa shape index (κ3) is 2.35. The Hall–Kier alpha value is -2.56. The maximum absolute atomic E-state index is 11.0. The van der Waals surface area contributed by atoms with E-state index >= 15 is 0 Å². The Labute approximate surface area is 109 Å². The Balaban J connectivity index is 2.57. The molecule has 0 amide bonds. The van der Waals surface area contributed by atoms with E-state index < -0.39 is 11.9 Å². The molecule has 0 fully saturated rings. The van der Waals surface area contributed by atoms with Crippen LogP contribution in [0.25, 0.3) is 16.7 Å². The Morgan fingerprint density at radius 1 is 1.32 bits per heavy atom. The molecular weight excluding hydrogens is 248 g/mol. The van der Waals surface area contributed by atoms with Gasteiger partial charge in [0.05, 0.1) is 5.57 Å². The number of carbonyl (C=O) groups is 2. The minimum atomic E-state index is -1.10. The molecular formula is C14H12O5. The van der Waals surface area contributed by atoms with Gasteiger partial charge in [-0.3, -0.25) is 4.79 Å². The molecule has 0 unspecified atom stereocenters. The normalized spacial score (nSPS) is 10.4. The zero-order valence-electron chi connectivity index (χ0n) is 10.5. The van der Waals surface area contributed by atoms with E-state index in [2.05, 4.69) is 6.58 Å². The van der Waals surface area contributed by atoms with E-state index in [9.17, 15) is 9.59 Å². The van der Waals surface area contributed by atoms with Gasteiger partial charge >= 0.3 is 11.9 Å². The number of ether oxygens (including phenoxy) is 1. The summed E-state index contributed by atoms with van der Waals surface area (Å²) in [7, 11) is 0. The quantitative estimate of drug-likeness (QED) is 0.678. The van der Waals surface area contributed by atoms with Gasteiger partial charge in [0.25, 0.3) is 5.95 Å². The zero-order valence-corrected chi connectivity index (χ0v) is 10.5. The molecule has 5 heteroatoms. The molecule has 0 aromatic rings. The van der Waals surface area contributed by atoms with Crippen LogP contribution in [0.5, 0.6) is 5.95 Å². The second-order valence-electron chi connectivity index (χ2n) is 4.14. The van der Waals surface area contributed by atoms with E-state index in [1.54, 1.807) is 6.07 Å². The first-order valence-corrected chi connectivity index (χ1v) is 5.53. The molecule has 0 radical (unpaired) electrons. The molecule has 0 aromatic heterocycles. The van der Waals surface area contributed by atoms with Crippen molar-refractivity contribution >= 4 is 17.5 Å². The fraction of sp³-hybridized carbons (Fsp3) is 0.143. The number of hydrogen-bond donors (Lipinski definition) is 1. The number of hydrogen-bond acceptors (Lipinski definition) is 4. The van der Waals surface area contributed by atoms with Crippen LogP contribution in [0.4, 0.5) is 0 Å². The van der Waals surface area contributed by atoms with Crippen molar-refractivity contribution in [2.24, 2.45) is 0 Å². The second kappa shape index (κ2) is 4.61. The molecule has 0 bridgehead atoms. The van der Waals surface area contributed by atoms with E-state index in [1.165, 1.54) is 19.3 Å². The molecule has 1 heterocycles. The molecule has 0 aromatic carbocycles. The number of carbonyl (C=O) groups excluding carboxylic acids is 1. The van der Waals surface area contributed by atoms with Crippen LogP contribution in [0.2, 0.25) is 0 Å². The fourth-order valence-electron chi connectivity index (χ4n) is 1.87.